The van der Waals surface area contributed by atoms with Gasteiger partial charge in [0.25, 0.3) is 11.8 Å². The van der Waals surface area contributed by atoms with Gasteiger partial charge in [-0.15, -0.1) is 0 Å². The van der Waals surface area contributed by atoms with Gasteiger partial charge in [0.05, 0.1) is 0 Å². The predicted molar refractivity (Wildman–Crippen MR) is 89.8 cm³/mol. The smallest absolute Gasteiger partial charge is 0.325 e. The average Bonchev–Trinajstić information content (AvgIpc) is 2.87. The van der Waals surface area contributed by atoms with Crippen molar-refractivity contribution in [3.63, 3.8) is 0 Å². The summed E-state index contributed by atoms with van der Waals surface area (Å²) in [6.07, 6.45) is 4.22. The minimum absolute atomic E-state index is 0.186. The lowest BCUT2D eigenvalue weighted by Gasteiger charge is -2.19. The molecule has 24 heavy (non-hydrogen) atoms. The van der Waals surface area contributed by atoms with E-state index in [1.54, 1.807) is 29.2 Å². The average molecular weight is 353 g/mol. The zero-order valence-corrected chi connectivity index (χ0v) is 14.2. The van der Waals surface area contributed by atoms with E-state index in [2.05, 4.69) is 5.32 Å². The molecule has 1 fully saturated rings. The molecule has 1 aliphatic heterocycles. The molecule has 0 spiro atoms. The molecule has 6 nitrogen and oxygen atoms in total. The number of hydrogen-bond donors (Lipinski definition) is 1. The van der Waals surface area contributed by atoms with Crippen LogP contribution in [0.1, 0.15) is 36.0 Å². The van der Waals surface area contributed by atoms with Crippen LogP contribution in [0.5, 0.6) is 0 Å². The van der Waals surface area contributed by atoms with E-state index in [0.29, 0.717) is 23.7 Å². The number of carbonyl (C=O) groups excluding carboxylic acids is 3. The number of nitrogens with one attached hydrogen (secondary N) is 1. The van der Waals surface area contributed by atoms with Crippen LogP contribution in [0.15, 0.2) is 24.3 Å². The van der Waals surface area contributed by atoms with Crippen molar-refractivity contribution in [2.45, 2.75) is 25.7 Å². The van der Waals surface area contributed by atoms with Gasteiger partial charge in [-0.25, -0.2) is 0 Å². The number of esters is 1. The number of rotatable bonds is 5. The van der Waals surface area contributed by atoms with Crippen molar-refractivity contribution in [3.05, 3.63) is 34.9 Å². The van der Waals surface area contributed by atoms with Crippen molar-refractivity contribution in [3.8, 4) is 0 Å². The molecule has 0 atom stereocenters. The highest BCUT2D eigenvalue weighted by Crippen LogP contribution is 2.10. The number of likely N-dealkylation sites (tertiary alicyclic amines) is 1. The fourth-order valence-electron chi connectivity index (χ4n) is 2.46. The molecule has 0 radical (unpaired) electrons. The quantitative estimate of drug-likeness (QED) is 0.822. The second kappa shape index (κ2) is 9.27. The molecule has 1 saturated heterocycles. The van der Waals surface area contributed by atoms with Gasteiger partial charge >= 0.3 is 5.97 Å². The zero-order chi connectivity index (χ0) is 17.4. The Kier molecular flexibility index (Phi) is 7.06. The molecular weight excluding hydrogens is 332 g/mol. The van der Waals surface area contributed by atoms with Gasteiger partial charge in [-0.05, 0) is 37.1 Å². The largest absolute Gasteiger partial charge is 0.454 e. The van der Waals surface area contributed by atoms with Gasteiger partial charge in [0.1, 0.15) is 6.54 Å². The van der Waals surface area contributed by atoms with Gasteiger partial charge in [0.2, 0.25) is 0 Å². The molecule has 0 bridgehead atoms. The highest BCUT2D eigenvalue weighted by Gasteiger charge is 2.17. The molecule has 0 unspecified atom stereocenters. The topological polar surface area (TPSA) is 75.7 Å². The monoisotopic (exact) mass is 352 g/mol. The lowest BCUT2D eigenvalue weighted by Crippen LogP contribution is -2.37. The summed E-state index contributed by atoms with van der Waals surface area (Å²) in [4.78, 5) is 37.2. The van der Waals surface area contributed by atoms with Gasteiger partial charge in [-0.1, -0.05) is 24.4 Å². The van der Waals surface area contributed by atoms with E-state index in [1.165, 1.54) is 0 Å². The van der Waals surface area contributed by atoms with Gasteiger partial charge in [-0.3, -0.25) is 14.4 Å². The molecule has 7 heteroatoms. The molecule has 0 saturated carbocycles. The number of hydrogen-bond acceptors (Lipinski definition) is 4. The summed E-state index contributed by atoms with van der Waals surface area (Å²) >= 11 is 5.75. The van der Waals surface area contributed by atoms with Crippen LogP contribution in [-0.4, -0.2) is 48.9 Å². The number of nitrogens with zero attached hydrogens (tertiary/aromatic N) is 1. The van der Waals surface area contributed by atoms with Crippen LogP contribution in [0.3, 0.4) is 0 Å². The van der Waals surface area contributed by atoms with Gasteiger partial charge in [0, 0.05) is 23.7 Å². The SMILES string of the molecule is O=C(CNC(=O)c1ccc(Cl)cc1)OCC(=O)N1CCCCCC1. The number of carbonyl (C=O) groups is 3. The number of benzene rings is 1. The molecular formula is C17H21ClN2O4. The number of ether oxygens (including phenoxy) is 1. The summed E-state index contributed by atoms with van der Waals surface area (Å²) in [5, 5.41) is 2.98. The Hall–Kier alpha value is -2.08. The predicted octanol–water partition coefficient (Wildman–Crippen LogP) is 2.02. The van der Waals surface area contributed by atoms with Crippen LogP contribution in [0.25, 0.3) is 0 Å². The van der Waals surface area contributed by atoms with Gasteiger partial charge in [0.15, 0.2) is 6.61 Å². The van der Waals surface area contributed by atoms with Crippen molar-refractivity contribution < 1.29 is 19.1 Å². The highest BCUT2D eigenvalue weighted by molar-refractivity contribution is 6.30. The summed E-state index contributed by atoms with van der Waals surface area (Å²) in [6, 6.07) is 6.31. The summed E-state index contributed by atoms with van der Waals surface area (Å²) in [7, 11) is 0. The van der Waals surface area contributed by atoms with Crippen molar-refractivity contribution in [2.24, 2.45) is 0 Å². The first-order valence-corrected chi connectivity index (χ1v) is 8.41. The third-order valence-electron chi connectivity index (χ3n) is 3.82. The minimum Gasteiger partial charge on any atom is -0.454 e. The van der Waals surface area contributed by atoms with Crippen LogP contribution in [-0.2, 0) is 14.3 Å². The van der Waals surface area contributed by atoms with Crippen LogP contribution in [0.4, 0.5) is 0 Å². The molecule has 1 N–H and O–H groups in total. The first-order chi connectivity index (χ1) is 11.6. The summed E-state index contributed by atoms with van der Waals surface area (Å²) < 4.78 is 4.94. The standard InChI is InChI=1S/C17H21ClN2O4/c18-14-7-5-13(6-8-14)17(23)19-11-16(22)24-12-15(21)20-9-3-1-2-4-10-20/h5-8H,1-4,9-12H2,(H,19,23). The maximum absolute atomic E-state index is 12.0. The first kappa shape index (κ1) is 18.3. The molecule has 2 amide bonds. The lowest BCUT2D eigenvalue weighted by atomic mass is 10.2. The Bertz CT molecular complexity index is 581. The molecule has 130 valence electrons. The van der Waals surface area contributed by atoms with E-state index in [0.717, 1.165) is 25.7 Å². The van der Waals surface area contributed by atoms with Crippen LogP contribution in [0, 0.1) is 0 Å². The summed E-state index contributed by atoms with van der Waals surface area (Å²) in [5.74, 6) is -1.22. The van der Waals surface area contributed by atoms with E-state index in [9.17, 15) is 14.4 Å². The van der Waals surface area contributed by atoms with E-state index in [-0.39, 0.29) is 19.1 Å². The van der Waals surface area contributed by atoms with Gasteiger partial charge < -0.3 is 15.0 Å². The molecule has 1 aliphatic rings. The van der Waals surface area contributed by atoms with Crippen molar-refractivity contribution in [2.75, 3.05) is 26.2 Å². The number of halogens is 1. The van der Waals surface area contributed by atoms with E-state index < -0.39 is 11.9 Å². The maximum Gasteiger partial charge on any atom is 0.325 e. The van der Waals surface area contributed by atoms with E-state index >= 15 is 0 Å². The molecule has 2 rings (SSSR count). The normalized spacial score (nSPS) is 14.6. The number of amides is 2. The third kappa shape index (κ3) is 5.85. The zero-order valence-electron chi connectivity index (χ0n) is 13.4. The second-order valence-corrected chi connectivity index (χ2v) is 6.08. The van der Waals surface area contributed by atoms with Gasteiger partial charge in [-0.2, -0.15) is 0 Å². The fraction of sp³-hybridized carbons (Fsp3) is 0.471. The van der Waals surface area contributed by atoms with Crippen LogP contribution in [0.2, 0.25) is 5.02 Å². The van der Waals surface area contributed by atoms with Crippen LogP contribution >= 0.6 is 11.6 Å². The van der Waals surface area contributed by atoms with Crippen LogP contribution < -0.4 is 5.32 Å². The minimum atomic E-state index is -0.638. The Labute approximate surface area is 146 Å². The molecule has 0 aromatic heterocycles. The van der Waals surface area contributed by atoms with Crippen molar-refractivity contribution in [1.29, 1.82) is 0 Å². The molecule has 1 aromatic carbocycles. The summed E-state index contributed by atoms with van der Waals surface area (Å²) in [5.41, 5.74) is 0.396. The first-order valence-electron chi connectivity index (χ1n) is 8.03. The Morgan fingerprint density at radius 3 is 2.29 bits per heavy atom. The summed E-state index contributed by atoms with van der Waals surface area (Å²) in [6.45, 7) is 0.859. The molecule has 1 heterocycles. The lowest BCUT2D eigenvalue weighted by molar-refractivity contribution is -0.151. The molecule has 1 aromatic rings. The van der Waals surface area contributed by atoms with Crippen molar-refractivity contribution in [1.82, 2.24) is 10.2 Å². The Morgan fingerprint density at radius 1 is 1.04 bits per heavy atom. The fourth-order valence-corrected chi connectivity index (χ4v) is 2.59. The maximum atomic E-state index is 12.0. The molecule has 0 aliphatic carbocycles. The van der Waals surface area contributed by atoms with E-state index in [1.807, 2.05) is 0 Å². The highest BCUT2D eigenvalue weighted by atomic mass is 35.5. The Balaban J connectivity index is 1.70. The van der Waals surface area contributed by atoms with Crippen molar-refractivity contribution >= 4 is 29.4 Å². The van der Waals surface area contributed by atoms with E-state index in [4.69, 9.17) is 16.3 Å². The Morgan fingerprint density at radius 2 is 1.67 bits per heavy atom. The third-order valence-corrected chi connectivity index (χ3v) is 4.07. The second-order valence-electron chi connectivity index (χ2n) is 5.65.